The molecular formula is C12H22INO3. The quantitative estimate of drug-likeness (QED) is 0.330. The van der Waals surface area contributed by atoms with Gasteiger partial charge in [0.25, 0.3) is 0 Å². The number of carbonyl (C=O) groups is 2. The van der Waals surface area contributed by atoms with Gasteiger partial charge in [0.1, 0.15) is 0 Å². The van der Waals surface area contributed by atoms with Gasteiger partial charge >= 0.3 is 5.97 Å². The van der Waals surface area contributed by atoms with E-state index in [1.165, 1.54) is 12.8 Å². The van der Waals surface area contributed by atoms with Crippen molar-refractivity contribution in [2.45, 2.75) is 39.5 Å². The van der Waals surface area contributed by atoms with Gasteiger partial charge in [0, 0.05) is 6.42 Å². The summed E-state index contributed by atoms with van der Waals surface area (Å²) in [5, 5.41) is 0. The fourth-order valence-corrected chi connectivity index (χ4v) is 1.19. The van der Waals surface area contributed by atoms with E-state index in [-0.39, 0.29) is 13.0 Å². The minimum atomic E-state index is -0.722. The van der Waals surface area contributed by atoms with Crippen LogP contribution in [0.25, 0.3) is 0 Å². The Balaban J connectivity index is 0. The molecule has 0 aliphatic rings. The molecule has 100 valence electrons. The van der Waals surface area contributed by atoms with Crippen LogP contribution in [0.4, 0.5) is 0 Å². The van der Waals surface area contributed by atoms with Crippen molar-refractivity contribution in [3.8, 4) is 0 Å². The Hall–Kier alpha value is -0.430. The van der Waals surface area contributed by atoms with Gasteiger partial charge < -0.3 is 10.5 Å². The van der Waals surface area contributed by atoms with Gasteiger partial charge in [0.2, 0.25) is 5.78 Å². The lowest BCUT2D eigenvalue weighted by molar-refractivity contribution is -0.153. The first-order valence-corrected chi connectivity index (χ1v) is 7.03. The Morgan fingerprint density at radius 1 is 1.29 bits per heavy atom. The predicted molar refractivity (Wildman–Crippen MR) is 78.0 cm³/mol. The Kier molecular flexibility index (Phi) is 17.3. The van der Waals surface area contributed by atoms with Crippen molar-refractivity contribution < 1.29 is 14.3 Å². The highest BCUT2D eigenvalue weighted by Crippen LogP contribution is 1.96. The number of hydrogen-bond acceptors (Lipinski definition) is 4. The maximum atomic E-state index is 10.4. The van der Waals surface area contributed by atoms with Crippen molar-refractivity contribution in [1.82, 2.24) is 0 Å². The van der Waals surface area contributed by atoms with E-state index in [0.717, 1.165) is 13.0 Å². The molecule has 17 heavy (non-hydrogen) atoms. The number of Topliss-reactive ketones (excluding diaryl/α,β-unsaturated/α-hetero) is 1. The second-order valence-corrected chi connectivity index (χ2v) is 3.86. The van der Waals surface area contributed by atoms with E-state index in [1.807, 2.05) is 4.08 Å². The molecule has 0 rings (SSSR count). The van der Waals surface area contributed by atoms with E-state index in [1.54, 1.807) is 13.8 Å². The summed E-state index contributed by atoms with van der Waals surface area (Å²) in [6.45, 7) is 4.39. The van der Waals surface area contributed by atoms with Crippen LogP contribution < -0.4 is 5.73 Å². The van der Waals surface area contributed by atoms with Crippen LogP contribution in [0.3, 0.4) is 0 Å². The molecule has 0 bridgehead atoms. The molecule has 4 nitrogen and oxygen atoms in total. The maximum absolute atomic E-state index is 10.4. The van der Waals surface area contributed by atoms with Crippen LogP contribution in [0.5, 0.6) is 0 Å². The summed E-state index contributed by atoms with van der Waals surface area (Å²) >= 11 is 2.23. The van der Waals surface area contributed by atoms with Crippen molar-refractivity contribution in [2.24, 2.45) is 5.73 Å². The molecule has 0 aromatic rings. The minimum absolute atomic E-state index is 0.221. The molecule has 0 aliphatic carbocycles. The SMILES string of the molecule is CCOC(=O)C(=O)CC.NCCCC/C=C\I. The van der Waals surface area contributed by atoms with Crippen LogP contribution in [-0.4, -0.2) is 24.9 Å². The van der Waals surface area contributed by atoms with Gasteiger partial charge in [-0.1, -0.05) is 35.6 Å². The number of allylic oxidation sites excluding steroid dienone is 1. The maximum Gasteiger partial charge on any atom is 0.374 e. The third-order valence-corrected chi connectivity index (χ3v) is 2.25. The summed E-state index contributed by atoms with van der Waals surface area (Å²) in [7, 11) is 0. The smallest absolute Gasteiger partial charge is 0.374 e. The van der Waals surface area contributed by atoms with E-state index in [0.29, 0.717) is 0 Å². The average molecular weight is 355 g/mol. The second kappa shape index (κ2) is 15.6. The van der Waals surface area contributed by atoms with Crippen LogP contribution in [0.15, 0.2) is 10.2 Å². The first-order chi connectivity index (χ1) is 8.13. The molecule has 5 heteroatoms. The highest BCUT2D eigenvalue weighted by atomic mass is 127. The lowest BCUT2D eigenvalue weighted by atomic mass is 10.2. The highest BCUT2D eigenvalue weighted by Gasteiger charge is 2.10. The lowest BCUT2D eigenvalue weighted by Crippen LogP contribution is -2.15. The zero-order chi connectivity index (χ0) is 13.5. The minimum Gasteiger partial charge on any atom is -0.460 e. The van der Waals surface area contributed by atoms with Gasteiger partial charge in [-0.25, -0.2) is 4.79 Å². The summed E-state index contributed by atoms with van der Waals surface area (Å²) in [6.07, 6.45) is 5.95. The number of halogens is 1. The summed E-state index contributed by atoms with van der Waals surface area (Å²) in [6, 6.07) is 0. The monoisotopic (exact) mass is 355 g/mol. The van der Waals surface area contributed by atoms with Crippen molar-refractivity contribution >= 4 is 34.3 Å². The zero-order valence-electron chi connectivity index (χ0n) is 10.6. The van der Waals surface area contributed by atoms with Crippen molar-refractivity contribution in [3.05, 3.63) is 10.2 Å². The lowest BCUT2D eigenvalue weighted by Gasteiger charge is -1.95. The summed E-state index contributed by atoms with van der Waals surface area (Å²) < 4.78 is 6.46. The average Bonchev–Trinajstić information content (AvgIpc) is 2.35. The molecule has 0 aromatic carbocycles. The Bertz CT molecular complexity index is 230. The number of nitrogens with two attached hydrogens (primary N) is 1. The first kappa shape index (κ1) is 18.9. The molecule has 0 atom stereocenters. The van der Waals surface area contributed by atoms with Crippen LogP contribution >= 0.6 is 22.6 Å². The summed E-state index contributed by atoms with van der Waals surface area (Å²) in [4.78, 5) is 20.8. The van der Waals surface area contributed by atoms with Crippen LogP contribution in [0, 0.1) is 0 Å². The number of esters is 1. The molecule has 0 amide bonds. The number of hydrogen-bond donors (Lipinski definition) is 1. The van der Waals surface area contributed by atoms with Crippen LogP contribution in [0.1, 0.15) is 39.5 Å². The third-order valence-electron chi connectivity index (χ3n) is 1.74. The summed E-state index contributed by atoms with van der Waals surface area (Å²) in [5.41, 5.74) is 5.28. The Morgan fingerprint density at radius 3 is 2.35 bits per heavy atom. The van der Waals surface area contributed by atoms with Crippen molar-refractivity contribution in [2.75, 3.05) is 13.2 Å². The molecule has 0 saturated heterocycles. The second-order valence-electron chi connectivity index (χ2n) is 3.14. The van der Waals surface area contributed by atoms with E-state index in [2.05, 4.69) is 33.4 Å². The van der Waals surface area contributed by atoms with Gasteiger partial charge in [0.15, 0.2) is 0 Å². The Morgan fingerprint density at radius 2 is 1.94 bits per heavy atom. The molecule has 0 aromatic heterocycles. The largest absolute Gasteiger partial charge is 0.460 e. The number of ketones is 1. The van der Waals surface area contributed by atoms with Crippen LogP contribution in [-0.2, 0) is 14.3 Å². The summed E-state index contributed by atoms with van der Waals surface area (Å²) in [5.74, 6) is -1.18. The number of rotatable bonds is 7. The number of unbranched alkanes of at least 4 members (excludes halogenated alkanes) is 2. The van der Waals surface area contributed by atoms with Gasteiger partial charge in [0.05, 0.1) is 6.61 Å². The molecule has 2 N–H and O–H groups in total. The third kappa shape index (κ3) is 15.6. The molecule has 0 spiro atoms. The van der Waals surface area contributed by atoms with Crippen molar-refractivity contribution in [1.29, 1.82) is 0 Å². The molecule has 0 saturated carbocycles. The van der Waals surface area contributed by atoms with E-state index < -0.39 is 11.8 Å². The molecule has 0 radical (unpaired) electrons. The van der Waals surface area contributed by atoms with Gasteiger partial charge in [-0.2, -0.15) is 0 Å². The number of ether oxygens (including phenoxy) is 1. The standard InChI is InChI=1S/C6H12IN.C6H10O3/c7-5-3-1-2-4-6-8;1-3-5(7)6(8)9-4-2/h3,5H,1-2,4,6,8H2;3-4H2,1-2H3/b5-3-;. The topological polar surface area (TPSA) is 69.4 Å². The van der Waals surface area contributed by atoms with Gasteiger partial charge in [-0.3, -0.25) is 4.79 Å². The normalized spacial score (nSPS) is 9.65. The Labute approximate surface area is 117 Å². The molecule has 0 heterocycles. The fraction of sp³-hybridized carbons (Fsp3) is 0.667. The van der Waals surface area contributed by atoms with E-state index in [4.69, 9.17) is 5.73 Å². The predicted octanol–water partition coefficient (Wildman–Crippen LogP) is 2.59. The molecule has 0 unspecified atom stereocenters. The van der Waals surface area contributed by atoms with Gasteiger partial charge in [-0.05, 0) is 36.8 Å². The molecular weight excluding hydrogens is 333 g/mol. The highest BCUT2D eigenvalue weighted by molar-refractivity contribution is 14.1. The van der Waals surface area contributed by atoms with Gasteiger partial charge in [-0.15, -0.1) is 0 Å². The number of carbonyl (C=O) groups excluding carboxylic acids is 2. The van der Waals surface area contributed by atoms with Crippen molar-refractivity contribution in [3.63, 3.8) is 0 Å². The van der Waals surface area contributed by atoms with Crippen LogP contribution in [0.2, 0.25) is 0 Å². The van der Waals surface area contributed by atoms with E-state index in [9.17, 15) is 9.59 Å². The molecule has 0 fully saturated rings. The zero-order valence-corrected chi connectivity index (χ0v) is 12.7. The van der Waals surface area contributed by atoms with E-state index >= 15 is 0 Å². The first-order valence-electron chi connectivity index (χ1n) is 5.79. The molecule has 0 aliphatic heterocycles. The fourth-order valence-electron chi connectivity index (χ4n) is 0.825.